The van der Waals surface area contributed by atoms with Crippen molar-refractivity contribution in [3.63, 3.8) is 0 Å². The number of rotatable bonds is 5. The number of nitrogens with zero attached hydrogens (tertiary/aromatic N) is 3. The average molecular weight is 282 g/mol. The van der Waals surface area contributed by atoms with Gasteiger partial charge in [-0.15, -0.1) is 0 Å². The molecular formula is C11H21F3N4O. The Kier molecular flexibility index (Phi) is 5.42. The van der Waals surface area contributed by atoms with Gasteiger partial charge in [0.1, 0.15) is 5.92 Å². The fourth-order valence-corrected chi connectivity index (χ4v) is 2.44. The van der Waals surface area contributed by atoms with Gasteiger partial charge in [0, 0.05) is 19.6 Å². The summed E-state index contributed by atoms with van der Waals surface area (Å²) < 4.78 is 38.4. The summed E-state index contributed by atoms with van der Waals surface area (Å²) >= 11 is 0. The van der Waals surface area contributed by atoms with Crippen LogP contribution in [-0.2, 0) is 0 Å². The van der Waals surface area contributed by atoms with Gasteiger partial charge in [-0.05, 0) is 33.0 Å². The molecule has 1 aliphatic heterocycles. The molecule has 112 valence electrons. The molecule has 0 aromatic rings. The Hall–Kier alpha value is -1.02. The zero-order chi connectivity index (χ0) is 14.6. The Balaban J connectivity index is 2.54. The molecule has 19 heavy (non-hydrogen) atoms. The molecule has 0 aliphatic carbocycles. The Bertz CT molecular complexity index is 322. The van der Waals surface area contributed by atoms with Gasteiger partial charge in [-0.3, -0.25) is 0 Å². The lowest BCUT2D eigenvalue weighted by atomic mass is 10.1. The summed E-state index contributed by atoms with van der Waals surface area (Å²) in [7, 11) is 3.62. The van der Waals surface area contributed by atoms with E-state index in [2.05, 4.69) is 10.1 Å². The number of likely N-dealkylation sites (tertiary alicyclic amines) is 1. The van der Waals surface area contributed by atoms with Crippen LogP contribution in [0.2, 0.25) is 0 Å². The van der Waals surface area contributed by atoms with Crippen molar-refractivity contribution in [2.45, 2.75) is 12.6 Å². The molecule has 2 atom stereocenters. The lowest BCUT2D eigenvalue weighted by Gasteiger charge is -2.26. The van der Waals surface area contributed by atoms with Gasteiger partial charge >= 0.3 is 6.18 Å². The molecule has 8 heteroatoms. The van der Waals surface area contributed by atoms with Gasteiger partial charge in [0.25, 0.3) is 0 Å². The summed E-state index contributed by atoms with van der Waals surface area (Å²) in [6, 6.07) is 0. The third-order valence-corrected chi connectivity index (χ3v) is 3.42. The Morgan fingerprint density at radius 2 is 2.21 bits per heavy atom. The van der Waals surface area contributed by atoms with Crippen LogP contribution in [0.5, 0.6) is 0 Å². The number of hydrogen-bond donors (Lipinski definition) is 2. The summed E-state index contributed by atoms with van der Waals surface area (Å²) in [5.74, 6) is -2.35. The lowest BCUT2D eigenvalue weighted by molar-refractivity contribution is -0.159. The van der Waals surface area contributed by atoms with Crippen LogP contribution < -0.4 is 5.73 Å². The van der Waals surface area contributed by atoms with E-state index >= 15 is 0 Å². The molecule has 3 N–H and O–H groups in total. The van der Waals surface area contributed by atoms with Crippen molar-refractivity contribution in [2.75, 3.05) is 40.3 Å². The van der Waals surface area contributed by atoms with Crippen LogP contribution in [0.4, 0.5) is 13.2 Å². The van der Waals surface area contributed by atoms with Crippen molar-refractivity contribution in [3.05, 3.63) is 0 Å². The number of alkyl halides is 3. The smallest absolute Gasteiger partial charge is 0.400 e. The molecule has 1 aliphatic rings. The van der Waals surface area contributed by atoms with Gasteiger partial charge in [0.2, 0.25) is 0 Å². The molecule has 1 rings (SSSR count). The topological polar surface area (TPSA) is 65.1 Å². The highest BCUT2D eigenvalue weighted by molar-refractivity contribution is 5.83. The third kappa shape index (κ3) is 4.87. The van der Waals surface area contributed by atoms with E-state index in [0.717, 1.165) is 19.5 Å². The van der Waals surface area contributed by atoms with E-state index < -0.39 is 17.9 Å². The first-order valence-electron chi connectivity index (χ1n) is 6.15. The first-order chi connectivity index (χ1) is 8.74. The van der Waals surface area contributed by atoms with Crippen LogP contribution in [0, 0.1) is 11.8 Å². The minimum absolute atomic E-state index is 0.292. The number of amidine groups is 1. The first kappa shape index (κ1) is 16.0. The molecule has 2 unspecified atom stereocenters. The SMILES string of the molecule is CN1CCC(CN(C)CC(C(N)=NO)C(F)(F)F)C1. The minimum atomic E-state index is -4.50. The van der Waals surface area contributed by atoms with Crippen LogP contribution in [0.15, 0.2) is 5.16 Å². The Morgan fingerprint density at radius 1 is 1.58 bits per heavy atom. The first-order valence-corrected chi connectivity index (χ1v) is 6.15. The summed E-state index contributed by atoms with van der Waals surface area (Å²) in [6.07, 6.45) is -3.52. The summed E-state index contributed by atoms with van der Waals surface area (Å²) in [6.45, 7) is 2.15. The third-order valence-electron chi connectivity index (χ3n) is 3.42. The maximum Gasteiger partial charge on any atom is 0.400 e. The minimum Gasteiger partial charge on any atom is -0.409 e. The second kappa shape index (κ2) is 6.42. The Labute approximate surface area is 110 Å². The fourth-order valence-electron chi connectivity index (χ4n) is 2.44. The van der Waals surface area contributed by atoms with E-state index in [1.54, 1.807) is 11.9 Å². The molecule has 5 nitrogen and oxygen atoms in total. The van der Waals surface area contributed by atoms with Crippen LogP contribution in [-0.4, -0.2) is 67.3 Å². The molecule has 0 aromatic heterocycles. The molecule has 1 heterocycles. The molecule has 0 saturated carbocycles. The van der Waals surface area contributed by atoms with Crippen molar-refractivity contribution in [1.29, 1.82) is 0 Å². The van der Waals surface area contributed by atoms with Crippen molar-refractivity contribution >= 4 is 5.84 Å². The summed E-state index contributed by atoms with van der Waals surface area (Å²) in [5, 5.41) is 10.9. The number of nitrogens with two attached hydrogens (primary N) is 1. The molecule has 0 amide bonds. The standard InChI is InChI=1S/C11H21F3N4O/c1-17-4-3-8(5-17)6-18(2)7-9(10(15)16-19)11(12,13)14/h8-9,19H,3-7H2,1-2H3,(H2,15,16). The maximum absolute atomic E-state index is 12.8. The van der Waals surface area contributed by atoms with Crippen LogP contribution in [0.25, 0.3) is 0 Å². The van der Waals surface area contributed by atoms with E-state index in [1.807, 2.05) is 7.05 Å². The van der Waals surface area contributed by atoms with E-state index in [0.29, 0.717) is 12.5 Å². The number of oxime groups is 1. The van der Waals surface area contributed by atoms with E-state index in [1.165, 1.54) is 0 Å². The molecular weight excluding hydrogens is 261 g/mol. The largest absolute Gasteiger partial charge is 0.409 e. The highest BCUT2D eigenvalue weighted by Gasteiger charge is 2.43. The van der Waals surface area contributed by atoms with Crippen LogP contribution >= 0.6 is 0 Å². The predicted octanol–water partition coefficient (Wildman–Crippen LogP) is 0.795. The van der Waals surface area contributed by atoms with Crippen molar-refractivity contribution < 1.29 is 18.4 Å². The Morgan fingerprint density at radius 3 is 2.63 bits per heavy atom. The van der Waals surface area contributed by atoms with Gasteiger partial charge in [0.05, 0.1) is 0 Å². The lowest BCUT2D eigenvalue weighted by Crippen LogP contribution is -2.44. The predicted molar refractivity (Wildman–Crippen MR) is 66.1 cm³/mol. The zero-order valence-corrected chi connectivity index (χ0v) is 11.2. The maximum atomic E-state index is 12.8. The molecule has 0 spiro atoms. The normalized spacial score (nSPS) is 24.1. The summed E-state index contributed by atoms with van der Waals surface area (Å²) in [4.78, 5) is 3.75. The molecule has 0 radical (unpaired) electrons. The monoisotopic (exact) mass is 282 g/mol. The van der Waals surface area contributed by atoms with Gasteiger partial charge in [-0.2, -0.15) is 13.2 Å². The highest BCUT2D eigenvalue weighted by atomic mass is 19.4. The molecule has 0 bridgehead atoms. The van der Waals surface area contributed by atoms with E-state index in [4.69, 9.17) is 10.9 Å². The fraction of sp³-hybridized carbons (Fsp3) is 0.909. The van der Waals surface area contributed by atoms with Crippen molar-refractivity contribution in [1.82, 2.24) is 9.80 Å². The summed E-state index contributed by atoms with van der Waals surface area (Å²) in [5.41, 5.74) is 5.13. The zero-order valence-electron chi connectivity index (χ0n) is 11.2. The highest BCUT2D eigenvalue weighted by Crippen LogP contribution is 2.27. The van der Waals surface area contributed by atoms with Gasteiger partial charge in [-0.25, -0.2) is 0 Å². The molecule has 1 saturated heterocycles. The van der Waals surface area contributed by atoms with Crippen molar-refractivity contribution in [3.8, 4) is 0 Å². The number of halogens is 3. The second-order valence-electron chi connectivity index (χ2n) is 5.26. The second-order valence-corrected chi connectivity index (χ2v) is 5.26. The van der Waals surface area contributed by atoms with E-state index in [-0.39, 0.29) is 6.54 Å². The molecule has 1 fully saturated rings. The van der Waals surface area contributed by atoms with Gasteiger partial charge in [-0.1, -0.05) is 5.16 Å². The van der Waals surface area contributed by atoms with Crippen molar-refractivity contribution in [2.24, 2.45) is 22.7 Å². The number of hydrogen-bond acceptors (Lipinski definition) is 4. The quantitative estimate of drug-likeness (QED) is 0.339. The van der Waals surface area contributed by atoms with E-state index in [9.17, 15) is 13.2 Å². The molecule has 0 aromatic carbocycles. The van der Waals surface area contributed by atoms with Gasteiger partial charge in [0.15, 0.2) is 5.84 Å². The van der Waals surface area contributed by atoms with Gasteiger partial charge < -0.3 is 20.7 Å². The van der Waals surface area contributed by atoms with Crippen LogP contribution in [0.1, 0.15) is 6.42 Å². The average Bonchev–Trinajstić information content (AvgIpc) is 2.69. The van der Waals surface area contributed by atoms with Crippen LogP contribution in [0.3, 0.4) is 0 Å².